The Hall–Kier alpha value is -2.24. The first kappa shape index (κ1) is 14.8. The van der Waals surface area contributed by atoms with Gasteiger partial charge in [-0.1, -0.05) is 6.07 Å². The number of anilines is 1. The van der Waals surface area contributed by atoms with Crippen LogP contribution < -0.4 is 21.1 Å². The first-order chi connectivity index (χ1) is 9.02. The average molecular weight is 265 g/mol. The van der Waals surface area contributed by atoms with Gasteiger partial charge in [-0.05, 0) is 19.1 Å². The number of carbonyl (C=O) groups is 2. The number of ether oxygens (including phenoxy) is 1. The van der Waals surface area contributed by atoms with Crippen LogP contribution in [0.5, 0.6) is 5.75 Å². The van der Waals surface area contributed by atoms with Gasteiger partial charge in [0.2, 0.25) is 11.8 Å². The molecule has 0 aromatic heterocycles. The summed E-state index contributed by atoms with van der Waals surface area (Å²) in [5, 5.41) is 5.03. The lowest BCUT2D eigenvalue weighted by Gasteiger charge is -2.12. The molecule has 19 heavy (non-hydrogen) atoms. The summed E-state index contributed by atoms with van der Waals surface area (Å²) in [6.45, 7) is 1.85. The van der Waals surface area contributed by atoms with Gasteiger partial charge in [-0.2, -0.15) is 0 Å². The third kappa shape index (κ3) is 5.29. The van der Waals surface area contributed by atoms with Crippen molar-refractivity contribution in [2.75, 3.05) is 19.4 Å². The molecule has 4 N–H and O–H groups in total. The molecule has 0 bridgehead atoms. The lowest BCUT2D eigenvalue weighted by Crippen LogP contribution is -2.43. The lowest BCUT2D eigenvalue weighted by molar-refractivity contribution is -0.128. The van der Waals surface area contributed by atoms with Crippen LogP contribution in [-0.2, 0) is 9.59 Å². The van der Waals surface area contributed by atoms with E-state index in [-0.39, 0.29) is 24.8 Å². The van der Waals surface area contributed by atoms with E-state index in [2.05, 4.69) is 10.6 Å². The fourth-order valence-corrected chi connectivity index (χ4v) is 1.46. The molecule has 0 aliphatic heterocycles. The monoisotopic (exact) mass is 265 g/mol. The molecule has 1 unspecified atom stereocenters. The van der Waals surface area contributed by atoms with Crippen molar-refractivity contribution in [2.45, 2.75) is 19.4 Å². The third-order valence-corrected chi connectivity index (χ3v) is 2.47. The summed E-state index contributed by atoms with van der Waals surface area (Å²) in [6.07, 6.45) is 0.177. The Morgan fingerprint density at radius 2 is 2.16 bits per heavy atom. The fraction of sp³-hybridized carbons (Fsp3) is 0.385. The number of hydrogen-bond donors (Lipinski definition) is 3. The molecule has 0 aliphatic rings. The molecule has 2 amide bonds. The van der Waals surface area contributed by atoms with Crippen LogP contribution in [0.3, 0.4) is 0 Å². The highest BCUT2D eigenvalue weighted by Crippen LogP contribution is 2.14. The van der Waals surface area contributed by atoms with E-state index in [1.165, 1.54) is 7.05 Å². The van der Waals surface area contributed by atoms with Crippen molar-refractivity contribution >= 4 is 17.5 Å². The predicted octanol–water partition coefficient (Wildman–Crippen LogP) is 0.288. The van der Waals surface area contributed by atoms with Gasteiger partial charge in [0.05, 0.1) is 13.0 Å². The quantitative estimate of drug-likeness (QED) is 0.644. The molecule has 6 heteroatoms. The standard InChI is InChI=1S/C13H19N3O3/c1-9(13(18)15-2)16-12(17)6-7-19-11-5-3-4-10(14)8-11/h3-5,8-9H,6-7,14H2,1-2H3,(H,15,18)(H,16,17). The summed E-state index contributed by atoms with van der Waals surface area (Å²) >= 11 is 0. The van der Waals surface area contributed by atoms with E-state index >= 15 is 0 Å². The number of benzene rings is 1. The second-order valence-electron chi connectivity index (χ2n) is 4.07. The minimum atomic E-state index is -0.551. The highest BCUT2D eigenvalue weighted by Gasteiger charge is 2.13. The van der Waals surface area contributed by atoms with Crippen LogP contribution in [0.2, 0.25) is 0 Å². The molecular formula is C13H19N3O3. The minimum absolute atomic E-state index is 0.177. The Morgan fingerprint density at radius 1 is 1.42 bits per heavy atom. The molecule has 0 spiro atoms. The molecule has 1 aromatic carbocycles. The predicted molar refractivity (Wildman–Crippen MR) is 72.6 cm³/mol. The van der Waals surface area contributed by atoms with Gasteiger partial charge in [0.15, 0.2) is 0 Å². The lowest BCUT2D eigenvalue weighted by atomic mass is 10.3. The van der Waals surface area contributed by atoms with Gasteiger partial charge >= 0.3 is 0 Å². The van der Waals surface area contributed by atoms with Crippen molar-refractivity contribution in [2.24, 2.45) is 0 Å². The highest BCUT2D eigenvalue weighted by molar-refractivity contribution is 5.87. The van der Waals surface area contributed by atoms with Crippen LogP contribution in [0, 0.1) is 0 Å². The van der Waals surface area contributed by atoms with Crippen molar-refractivity contribution in [1.82, 2.24) is 10.6 Å². The van der Waals surface area contributed by atoms with E-state index in [1.807, 2.05) is 0 Å². The Kier molecular flexibility index (Phi) is 5.66. The van der Waals surface area contributed by atoms with E-state index in [4.69, 9.17) is 10.5 Å². The Labute approximate surface area is 112 Å². The molecule has 6 nitrogen and oxygen atoms in total. The van der Waals surface area contributed by atoms with Gasteiger partial charge < -0.3 is 21.1 Å². The summed E-state index contributed by atoms with van der Waals surface area (Å²) in [5.41, 5.74) is 6.21. The maximum absolute atomic E-state index is 11.5. The maximum atomic E-state index is 11.5. The third-order valence-electron chi connectivity index (χ3n) is 2.47. The number of carbonyl (C=O) groups excluding carboxylic acids is 2. The van der Waals surface area contributed by atoms with Gasteiger partial charge in [-0.25, -0.2) is 0 Å². The van der Waals surface area contributed by atoms with Crippen LogP contribution in [0.15, 0.2) is 24.3 Å². The fourth-order valence-electron chi connectivity index (χ4n) is 1.46. The van der Waals surface area contributed by atoms with Crippen LogP contribution in [-0.4, -0.2) is 31.5 Å². The summed E-state index contributed by atoms with van der Waals surface area (Å²) < 4.78 is 5.38. The second-order valence-corrected chi connectivity index (χ2v) is 4.07. The number of rotatable bonds is 6. The molecule has 0 heterocycles. The van der Waals surface area contributed by atoms with Crippen molar-refractivity contribution in [1.29, 1.82) is 0 Å². The van der Waals surface area contributed by atoms with E-state index < -0.39 is 6.04 Å². The number of nitrogen functional groups attached to an aromatic ring is 1. The van der Waals surface area contributed by atoms with E-state index in [9.17, 15) is 9.59 Å². The summed E-state index contributed by atoms with van der Waals surface area (Å²) in [5.74, 6) is 0.150. The largest absolute Gasteiger partial charge is 0.493 e. The minimum Gasteiger partial charge on any atom is -0.493 e. The zero-order chi connectivity index (χ0) is 14.3. The highest BCUT2D eigenvalue weighted by atomic mass is 16.5. The van der Waals surface area contributed by atoms with E-state index in [0.29, 0.717) is 11.4 Å². The topological polar surface area (TPSA) is 93.5 Å². The number of likely N-dealkylation sites (N-methyl/N-ethyl adjacent to an activating group) is 1. The zero-order valence-corrected chi connectivity index (χ0v) is 11.1. The maximum Gasteiger partial charge on any atom is 0.242 e. The molecule has 0 aliphatic carbocycles. The summed E-state index contributed by atoms with van der Waals surface area (Å²) in [7, 11) is 1.52. The van der Waals surface area contributed by atoms with E-state index in [0.717, 1.165) is 0 Å². The molecule has 0 radical (unpaired) electrons. The van der Waals surface area contributed by atoms with Crippen molar-refractivity contribution in [3.63, 3.8) is 0 Å². The van der Waals surface area contributed by atoms with Crippen molar-refractivity contribution < 1.29 is 14.3 Å². The zero-order valence-electron chi connectivity index (χ0n) is 11.1. The van der Waals surface area contributed by atoms with Gasteiger partial charge in [-0.15, -0.1) is 0 Å². The Balaban J connectivity index is 2.29. The van der Waals surface area contributed by atoms with Crippen LogP contribution >= 0.6 is 0 Å². The van der Waals surface area contributed by atoms with Crippen LogP contribution in [0.25, 0.3) is 0 Å². The Bertz CT molecular complexity index is 449. The number of nitrogens with one attached hydrogen (secondary N) is 2. The smallest absolute Gasteiger partial charge is 0.242 e. The van der Waals surface area contributed by atoms with Crippen molar-refractivity contribution in [3.05, 3.63) is 24.3 Å². The molecule has 1 aromatic rings. The van der Waals surface area contributed by atoms with Gasteiger partial charge in [0.1, 0.15) is 11.8 Å². The SMILES string of the molecule is CNC(=O)C(C)NC(=O)CCOc1cccc(N)c1. The molecule has 0 saturated heterocycles. The number of hydrogen-bond acceptors (Lipinski definition) is 4. The first-order valence-electron chi connectivity index (χ1n) is 6.02. The molecule has 0 fully saturated rings. The summed E-state index contributed by atoms with van der Waals surface area (Å²) in [6, 6.07) is 6.43. The van der Waals surface area contributed by atoms with Crippen molar-refractivity contribution in [3.8, 4) is 5.75 Å². The molecule has 0 saturated carbocycles. The first-order valence-corrected chi connectivity index (χ1v) is 6.02. The average Bonchev–Trinajstić information content (AvgIpc) is 2.37. The van der Waals surface area contributed by atoms with Crippen LogP contribution in [0.4, 0.5) is 5.69 Å². The van der Waals surface area contributed by atoms with Gasteiger partial charge in [0.25, 0.3) is 0 Å². The van der Waals surface area contributed by atoms with Gasteiger partial charge in [0, 0.05) is 18.8 Å². The molecular weight excluding hydrogens is 246 g/mol. The molecule has 1 rings (SSSR count). The number of amides is 2. The number of nitrogens with two attached hydrogens (primary N) is 1. The normalized spacial score (nSPS) is 11.5. The summed E-state index contributed by atoms with van der Waals surface area (Å²) in [4.78, 5) is 22.7. The molecule has 1 atom stereocenters. The van der Waals surface area contributed by atoms with E-state index in [1.54, 1.807) is 31.2 Å². The Morgan fingerprint density at radius 3 is 2.79 bits per heavy atom. The van der Waals surface area contributed by atoms with Gasteiger partial charge in [-0.3, -0.25) is 9.59 Å². The second kappa shape index (κ2) is 7.25. The van der Waals surface area contributed by atoms with Crippen LogP contribution in [0.1, 0.15) is 13.3 Å². The molecule has 104 valence electrons.